The van der Waals surface area contributed by atoms with Gasteiger partial charge in [-0.25, -0.2) is 4.39 Å². The van der Waals surface area contributed by atoms with Gasteiger partial charge in [-0.1, -0.05) is 12.1 Å². The molecule has 0 aliphatic carbocycles. The zero-order valence-corrected chi connectivity index (χ0v) is 16.4. The fraction of sp³-hybridized carbons (Fsp3) is 0.409. The van der Waals surface area contributed by atoms with E-state index in [1.165, 1.54) is 19.1 Å². The Bertz CT molecular complexity index is 851. The van der Waals surface area contributed by atoms with E-state index >= 15 is 0 Å². The van der Waals surface area contributed by atoms with E-state index < -0.39 is 0 Å². The number of carbonyl (C=O) groups is 2. The van der Waals surface area contributed by atoms with Gasteiger partial charge >= 0.3 is 0 Å². The van der Waals surface area contributed by atoms with Crippen molar-refractivity contribution in [3.05, 3.63) is 64.7 Å². The van der Waals surface area contributed by atoms with Crippen LogP contribution in [0.15, 0.2) is 36.4 Å². The summed E-state index contributed by atoms with van der Waals surface area (Å²) in [5.74, 6) is -0.310. The van der Waals surface area contributed by atoms with Gasteiger partial charge in [0.2, 0.25) is 11.8 Å². The number of nitrogens with zero attached hydrogens (tertiary/aromatic N) is 2. The van der Waals surface area contributed by atoms with Crippen LogP contribution < -0.4 is 5.32 Å². The number of carbonyl (C=O) groups excluding carboxylic acids is 2. The summed E-state index contributed by atoms with van der Waals surface area (Å²) in [4.78, 5) is 29.9. The summed E-state index contributed by atoms with van der Waals surface area (Å²) in [7, 11) is 0. The fourth-order valence-corrected chi connectivity index (χ4v) is 3.67. The minimum atomic E-state index is -0.235. The molecule has 0 unspecified atom stereocenters. The van der Waals surface area contributed by atoms with E-state index in [4.69, 9.17) is 4.98 Å². The highest BCUT2D eigenvalue weighted by Gasteiger charge is 2.26. The molecule has 3 rings (SSSR count). The van der Waals surface area contributed by atoms with Crippen LogP contribution in [0.4, 0.5) is 4.39 Å². The fourth-order valence-electron chi connectivity index (χ4n) is 3.67. The second kappa shape index (κ2) is 8.95. The number of rotatable bonds is 5. The highest BCUT2D eigenvalue weighted by Crippen LogP contribution is 2.27. The lowest BCUT2D eigenvalue weighted by molar-refractivity contribution is -0.133. The second-order valence-electron chi connectivity index (χ2n) is 7.43. The van der Waals surface area contributed by atoms with Crippen molar-refractivity contribution in [2.45, 2.75) is 39.0 Å². The predicted molar refractivity (Wildman–Crippen MR) is 105 cm³/mol. The van der Waals surface area contributed by atoms with Gasteiger partial charge in [-0.3, -0.25) is 14.6 Å². The third kappa shape index (κ3) is 5.38. The molecule has 2 aromatic rings. The molecule has 2 amide bonds. The standard InChI is InChI=1S/C22H26FN3O2/c1-15-10-18(11-17-5-7-20(23)8-6-17)12-21(25-15)19-4-3-9-26(14-19)22(28)13-24-16(2)27/h5-8,10,12,19H,3-4,9,11,13-14H2,1-2H3,(H,24,27)/t19-/m0/s1. The maximum atomic E-state index is 13.1. The average Bonchev–Trinajstić information content (AvgIpc) is 2.67. The highest BCUT2D eigenvalue weighted by atomic mass is 19.1. The predicted octanol–water partition coefficient (Wildman–Crippen LogP) is 2.96. The van der Waals surface area contributed by atoms with Crippen molar-refractivity contribution >= 4 is 11.8 Å². The van der Waals surface area contributed by atoms with Crippen molar-refractivity contribution in [2.24, 2.45) is 0 Å². The molecule has 1 aliphatic rings. The van der Waals surface area contributed by atoms with Gasteiger partial charge in [0.05, 0.1) is 6.54 Å². The van der Waals surface area contributed by atoms with Crippen molar-refractivity contribution in [1.82, 2.24) is 15.2 Å². The number of halogens is 1. The zero-order valence-electron chi connectivity index (χ0n) is 16.4. The molecule has 0 bridgehead atoms. The summed E-state index contributed by atoms with van der Waals surface area (Å²) in [6, 6.07) is 10.7. The maximum Gasteiger partial charge on any atom is 0.241 e. The van der Waals surface area contributed by atoms with E-state index in [9.17, 15) is 14.0 Å². The number of aromatic nitrogens is 1. The van der Waals surface area contributed by atoms with Crippen LogP contribution in [0.3, 0.4) is 0 Å². The lowest BCUT2D eigenvalue weighted by atomic mass is 9.92. The average molecular weight is 383 g/mol. The molecule has 6 heteroatoms. The Morgan fingerprint density at radius 2 is 1.96 bits per heavy atom. The van der Waals surface area contributed by atoms with Crippen molar-refractivity contribution in [1.29, 1.82) is 0 Å². The van der Waals surface area contributed by atoms with Crippen LogP contribution in [0.1, 0.15) is 48.2 Å². The molecule has 0 radical (unpaired) electrons. The van der Waals surface area contributed by atoms with Crippen LogP contribution in [-0.4, -0.2) is 41.3 Å². The Morgan fingerprint density at radius 3 is 2.68 bits per heavy atom. The lowest BCUT2D eigenvalue weighted by Crippen LogP contribution is -2.44. The summed E-state index contributed by atoms with van der Waals surface area (Å²) < 4.78 is 13.1. The first-order valence-corrected chi connectivity index (χ1v) is 9.65. The Kier molecular flexibility index (Phi) is 6.39. The Morgan fingerprint density at radius 1 is 1.21 bits per heavy atom. The van der Waals surface area contributed by atoms with E-state index in [0.29, 0.717) is 19.5 Å². The normalized spacial score (nSPS) is 16.7. The zero-order chi connectivity index (χ0) is 20.1. The third-order valence-corrected chi connectivity index (χ3v) is 5.04. The Labute approximate surface area is 165 Å². The van der Waals surface area contributed by atoms with Crippen LogP contribution in [0.2, 0.25) is 0 Å². The summed E-state index contributed by atoms with van der Waals surface area (Å²) in [6.07, 6.45) is 2.62. The number of nitrogens with one attached hydrogen (secondary N) is 1. The van der Waals surface area contributed by atoms with Gasteiger partial charge in [-0.2, -0.15) is 0 Å². The number of hydrogen-bond acceptors (Lipinski definition) is 3. The largest absolute Gasteiger partial charge is 0.347 e. The molecule has 0 saturated carbocycles. The second-order valence-corrected chi connectivity index (χ2v) is 7.43. The molecule has 1 aromatic heterocycles. The van der Waals surface area contributed by atoms with Crippen molar-refractivity contribution in [3.63, 3.8) is 0 Å². The van der Waals surface area contributed by atoms with Crippen molar-refractivity contribution in [2.75, 3.05) is 19.6 Å². The first-order chi connectivity index (χ1) is 13.4. The summed E-state index contributed by atoms with van der Waals surface area (Å²) in [6.45, 7) is 4.75. The minimum absolute atomic E-state index is 0.0408. The number of hydrogen-bond donors (Lipinski definition) is 1. The molecule has 1 saturated heterocycles. The van der Waals surface area contributed by atoms with Gasteiger partial charge in [-0.05, 0) is 61.6 Å². The monoisotopic (exact) mass is 383 g/mol. The molecule has 1 fully saturated rings. The van der Waals surface area contributed by atoms with Gasteiger partial charge in [0, 0.05) is 37.3 Å². The lowest BCUT2D eigenvalue weighted by Gasteiger charge is -2.33. The summed E-state index contributed by atoms with van der Waals surface area (Å²) >= 11 is 0. The topological polar surface area (TPSA) is 62.3 Å². The Hall–Kier alpha value is -2.76. The number of amides is 2. The third-order valence-electron chi connectivity index (χ3n) is 5.04. The molecular formula is C22H26FN3O2. The molecule has 1 aromatic carbocycles. The number of pyridine rings is 1. The number of aryl methyl sites for hydroxylation is 1. The van der Waals surface area contributed by atoms with E-state index in [1.54, 1.807) is 12.1 Å². The van der Waals surface area contributed by atoms with E-state index in [0.717, 1.165) is 35.4 Å². The molecule has 1 aliphatic heterocycles. The van der Waals surface area contributed by atoms with E-state index in [1.807, 2.05) is 11.8 Å². The molecule has 148 valence electrons. The van der Waals surface area contributed by atoms with Gasteiger partial charge in [-0.15, -0.1) is 0 Å². The van der Waals surface area contributed by atoms with Gasteiger partial charge < -0.3 is 10.2 Å². The first kappa shape index (κ1) is 20.0. The first-order valence-electron chi connectivity index (χ1n) is 9.65. The smallest absolute Gasteiger partial charge is 0.241 e. The highest BCUT2D eigenvalue weighted by molar-refractivity contribution is 5.83. The quantitative estimate of drug-likeness (QED) is 0.863. The van der Waals surface area contributed by atoms with Crippen LogP contribution >= 0.6 is 0 Å². The van der Waals surface area contributed by atoms with Crippen LogP contribution in [0.5, 0.6) is 0 Å². The number of benzene rings is 1. The number of likely N-dealkylation sites (tertiary alicyclic amines) is 1. The maximum absolute atomic E-state index is 13.1. The van der Waals surface area contributed by atoms with Crippen molar-refractivity contribution < 1.29 is 14.0 Å². The summed E-state index contributed by atoms with van der Waals surface area (Å²) in [5.41, 5.74) is 4.12. The molecule has 28 heavy (non-hydrogen) atoms. The van der Waals surface area contributed by atoms with Crippen LogP contribution in [-0.2, 0) is 16.0 Å². The van der Waals surface area contributed by atoms with E-state index in [-0.39, 0.29) is 30.1 Å². The van der Waals surface area contributed by atoms with Crippen LogP contribution in [0.25, 0.3) is 0 Å². The van der Waals surface area contributed by atoms with Gasteiger partial charge in [0.15, 0.2) is 0 Å². The molecule has 2 heterocycles. The Balaban J connectivity index is 1.71. The summed E-state index contributed by atoms with van der Waals surface area (Å²) in [5, 5.41) is 2.57. The molecule has 1 atom stereocenters. The molecular weight excluding hydrogens is 357 g/mol. The molecule has 1 N–H and O–H groups in total. The van der Waals surface area contributed by atoms with Crippen molar-refractivity contribution in [3.8, 4) is 0 Å². The molecule has 0 spiro atoms. The number of piperidine rings is 1. The molecule has 5 nitrogen and oxygen atoms in total. The minimum Gasteiger partial charge on any atom is -0.347 e. The van der Waals surface area contributed by atoms with Crippen LogP contribution in [0, 0.1) is 12.7 Å². The van der Waals surface area contributed by atoms with E-state index in [2.05, 4.69) is 17.4 Å². The SMILES string of the molecule is CC(=O)NCC(=O)N1CCC[C@H](c2cc(Cc3ccc(F)cc3)cc(C)n2)C1. The van der Waals surface area contributed by atoms with Gasteiger partial charge in [0.1, 0.15) is 5.82 Å². The van der Waals surface area contributed by atoms with Gasteiger partial charge in [0.25, 0.3) is 0 Å².